The highest BCUT2D eigenvalue weighted by molar-refractivity contribution is 6.08. The summed E-state index contributed by atoms with van der Waals surface area (Å²) in [6.45, 7) is 2.72. The van der Waals surface area contributed by atoms with Crippen LogP contribution in [0.15, 0.2) is 71.8 Å². The summed E-state index contributed by atoms with van der Waals surface area (Å²) in [6, 6.07) is 15.9. The number of amides is 1. The number of pyridine rings is 1. The minimum atomic E-state index is -0.412. The first-order chi connectivity index (χ1) is 16.5. The van der Waals surface area contributed by atoms with Crippen molar-refractivity contribution >= 4 is 17.4 Å². The van der Waals surface area contributed by atoms with Crippen molar-refractivity contribution in [2.24, 2.45) is 0 Å². The fourth-order valence-corrected chi connectivity index (χ4v) is 4.21. The van der Waals surface area contributed by atoms with Crippen molar-refractivity contribution in [3.63, 3.8) is 0 Å². The van der Waals surface area contributed by atoms with Crippen LogP contribution < -0.4 is 10.9 Å². The molecule has 1 saturated heterocycles. The molecule has 0 spiro atoms. The van der Waals surface area contributed by atoms with Gasteiger partial charge in [-0.1, -0.05) is 30.3 Å². The Morgan fingerprint density at radius 3 is 2.68 bits per heavy atom. The van der Waals surface area contributed by atoms with Gasteiger partial charge in [-0.15, -0.1) is 0 Å². The van der Waals surface area contributed by atoms with Crippen LogP contribution in [-0.2, 0) is 11.3 Å². The number of carbonyl (C=O) groups excluding carboxylic acids is 2. The number of anilines is 1. The fraction of sp³-hybridized carbons (Fsp3) is 0.231. The van der Waals surface area contributed by atoms with Gasteiger partial charge in [0.1, 0.15) is 5.69 Å². The predicted octanol–water partition coefficient (Wildman–Crippen LogP) is 3.77. The summed E-state index contributed by atoms with van der Waals surface area (Å²) in [5.41, 5.74) is 2.26. The van der Waals surface area contributed by atoms with E-state index in [0.717, 1.165) is 12.8 Å². The van der Waals surface area contributed by atoms with Crippen molar-refractivity contribution in [1.82, 2.24) is 14.3 Å². The molecule has 0 bridgehead atoms. The number of hydrogen-bond acceptors (Lipinski definition) is 5. The lowest BCUT2D eigenvalue weighted by Crippen LogP contribution is -2.21. The van der Waals surface area contributed by atoms with Gasteiger partial charge in [-0.3, -0.25) is 14.4 Å². The van der Waals surface area contributed by atoms with Gasteiger partial charge in [0.05, 0.1) is 22.9 Å². The zero-order valence-corrected chi connectivity index (χ0v) is 18.7. The van der Waals surface area contributed by atoms with Gasteiger partial charge in [-0.2, -0.15) is 9.78 Å². The fourth-order valence-electron chi connectivity index (χ4n) is 4.21. The van der Waals surface area contributed by atoms with E-state index in [2.05, 4.69) is 10.4 Å². The summed E-state index contributed by atoms with van der Waals surface area (Å²) in [5.74, 6) is -0.504. The first-order valence-electron chi connectivity index (χ1n) is 11.2. The minimum Gasteiger partial charge on any atom is -0.376 e. The third-order valence-corrected chi connectivity index (χ3v) is 5.93. The molecular formula is C26H24N4O4. The van der Waals surface area contributed by atoms with E-state index in [0.29, 0.717) is 41.3 Å². The van der Waals surface area contributed by atoms with Gasteiger partial charge in [0.15, 0.2) is 5.78 Å². The first kappa shape index (κ1) is 21.8. The number of hydrogen-bond donors (Lipinski definition) is 1. The summed E-state index contributed by atoms with van der Waals surface area (Å²) in [5, 5.41) is 7.36. The van der Waals surface area contributed by atoms with Gasteiger partial charge in [-0.25, -0.2) is 0 Å². The van der Waals surface area contributed by atoms with Crippen LogP contribution in [0.25, 0.3) is 16.9 Å². The molecule has 0 saturated carbocycles. The number of nitrogens with zero attached hydrogens (tertiary/aromatic N) is 3. The van der Waals surface area contributed by atoms with Gasteiger partial charge in [0, 0.05) is 36.8 Å². The summed E-state index contributed by atoms with van der Waals surface area (Å²) < 4.78 is 8.90. The van der Waals surface area contributed by atoms with E-state index in [-0.39, 0.29) is 23.0 Å². The highest BCUT2D eigenvalue weighted by atomic mass is 16.5. The van der Waals surface area contributed by atoms with Crippen LogP contribution in [0.5, 0.6) is 0 Å². The third-order valence-electron chi connectivity index (χ3n) is 5.93. The molecule has 3 aliphatic rings. The quantitative estimate of drug-likeness (QED) is 0.446. The molecule has 5 rings (SSSR count). The zero-order valence-electron chi connectivity index (χ0n) is 18.7. The van der Waals surface area contributed by atoms with Crippen molar-refractivity contribution < 1.29 is 14.3 Å². The molecule has 8 nitrogen and oxygen atoms in total. The second kappa shape index (κ2) is 9.07. The number of aromatic nitrogens is 3. The van der Waals surface area contributed by atoms with E-state index in [9.17, 15) is 14.4 Å². The lowest BCUT2D eigenvalue weighted by molar-refractivity contribution is 0.0961. The molecule has 2 aromatic carbocycles. The van der Waals surface area contributed by atoms with Crippen LogP contribution in [0.2, 0.25) is 0 Å². The molecule has 1 amide bonds. The molecule has 2 aromatic rings. The van der Waals surface area contributed by atoms with Crippen molar-refractivity contribution in [3.8, 4) is 16.9 Å². The maximum Gasteiger partial charge on any atom is 0.282 e. The van der Waals surface area contributed by atoms with E-state index in [4.69, 9.17) is 4.74 Å². The molecule has 8 heteroatoms. The highest BCUT2D eigenvalue weighted by Crippen LogP contribution is 2.25. The average Bonchev–Trinajstić information content (AvgIpc) is 3.47. The number of ketones is 1. The van der Waals surface area contributed by atoms with Crippen molar-refractivity contribution in [1.29, 1.82) is 0 Å². The Kier molecular flexibility index (Phi) is 5.81. The number of nitrogens with one attached hydrogen (secondary N) is 1. The number of para-hydroxylation sites is 1. The number of benzene rings is 2. The minimum absolute atomic E-state index is 0.0323. The van der Waals surface area contributed by atoms with Gasteiger partial charge in [-0.05, 0) is 44.0 Å². The van der Waals surface area contributed by atoms with Crippen LogP contribution in [0.4, 0.5) is 5.69 Å². The molecule has 172 valence electrons. The lowest BCUT2D eigenvalue weighted by Gasteiger charge is -2.16. The number of Topliss-reactive ketones (excluding diaryl/α,β-unsaturated/α-hetero) is 1. The molecule has 1 fully saturated rings. The Balaban J connectivity index is 1.58. The molecule has 34 heavy (non-hydrogen) atoms. The highest BCUT2D eigenvalue weighted by Gasteiger charge is 2.26. The molecule has 1 atom stereocenters. The lowest BCUT2D eigenvalue weighted by atomic mass is 10.1. The van der Waals surface area contributed by atoms with Crippen LogP contribution in [0, 0.1) is 0 Å². The smallest absolute Gasteiger partial charge is 0.282 e. The second-order valence-electron chi connectivity index (χ2n) is 8.41. The van der Waals surface area contributed by atoms with Crippen LogP contribution in [-0.4, -0.2) is 38.7 Å². The Morgan fingerprint density at radius 2 is 1.94 bits per heavy atom. The first-order valence-corrected chi connectivity index (χ1v) is 11.2. The van der Waals surface area contributed by atoms with E-state index >= 15 is 0 Å². The van der Waals surface area contributed by atoms with E-state index < -0.39 is 5.91 Å². The van der Waals surface area contributed by atoms with Crippen molar-refractivity contribution in [2.75, 3.05) is 11.9 Å². The number of fused-ring (bicyclic) bond motifs is 1. The van der Waals surface area contributed by atoms with E-state index in [1.807, 2.05) is 22.8 Å². The predicted molar refractivity (Wildman–Crippen MR) is 128 cm³/mol. The standard InChI is InChI=1S/C26H24N4O4/c1-17(31)18-7-5-8-19(13-18)27-25(32)22-15-29(14-21-11-6-12-34-21)16-23-24(22)28-30(26(23)33)20-9-3-2-4-10-20/h2-5,7-10,13,15-16,21H,6,11-12,14H2,1H3,(H,27,32). The number of carbonyl (C=O) groups is 2. The molecule has 3 heterocycles. The number of ether oxygens (including phenoxy) is 1. The summed E-state index contributed by atoms with van der Waals surface area (Å²) in [6.07, 6.45) is 5.39. The van der Waals surface area contributed by atoms with E-state index in [1.165, 1.54) is 11.6 Å². The van der Waals surface area contributed by atoms with Gasteiger partial charge >= 0.3 is 0 Å². The summed E-state index contributed by atoms with van der Waals surface area (Å²) in [4.78, 5) is 38.4. The van der Waals surface area contributed by atoms with Crippen molar-refractivity contribution in [2.45, 2.75) is 32.4 Å². The Labute approximate surface area is 196 Å². The van der Waals surface area contributed by atoms with Crippen LogP contribution >= 0.6 is 0 Å². The topological polar surface area (TPSA) is 95.2 Å². The summed E-state index contributed by atoms with van der Waals surface area (Å²) in [7, 11) is 0. The Morgan fingerprint density at radius 1 is 1.12 bits per heavy atom. The van der Waals surface area contributed by atoms with Gasteiger partial charge < -0.3 is 14.6 Å². The Hall–Kier alpha value is -4.04. The van der Waals surface area contributed by atoms with E-state index in [1.54, 1.807) is 48.8 Å². The van der Waals surface area contributed by atoms with Gasteiger partial charge in [0.25, 0.3) is 11.5 Å². The molecule has 0 radical (unpaired) electrons. The number of rotatable bonds is 6. The van der Waals surface area contributed by atoms with Crippen LogP contribution in [0.3, 0.4) is 0 Å². The molecule has 0 aliphatic carbocycles. The SMILES string of the molecule is CC(=O)c1cccc(NC(=O)c2cn(CC3CCCO3)cc3c(=O)n(-c4ccccc4)nc2-3)c1. The molecular weight excluding hydrogens is 432 g/mol. The monoisotopic (exact) mass is 456 g/mol. The molecule has 0 aromatic heterocycles. The summed E-state index contributed by atoms with van der Waals surface area (Å²) >= 11 is 0. The van der Waals surface area contributed by atoms with Gasteiger partial charge in [0.2, 0.25) is 0 Å². The Bertz CT molecular complexity index is 1380. The van der Waals surface area contributed by atoms with Crippen molar-refractivity contribution in [3.05, 3.63) is 88.5 Å². The average molecular weight is 457 g/mol. The molecule has 1 unspecified atom stereocenters. The largest absolute Gasteiger partial charge is 0.376 e. The second-order valence-corrected chi connectivity index (χ2v) is 8.41. The maximum atomic E-state index is 13.4. The zero-order chi connectivity index (χ0) is 23.7. The maximum absolute atomic E-state index is 13.4. The van der Waals surface area contributed by atoms with Crippen LogP contribution in [0.1, 0.15) is 40.5 Å². The third kappa shape index (κ3) is 4.27. The molecule has 3 aliphatic heterocycles. The normalized spacial score (nSPS) is 15.5. The molecule has 1 N–H and O–H groups in total.